The van der Waals surface area contributed by atoms with E-state index in [1.807, 2.05) is 60.7 Å². The minimum atomic E-state index is -0.558. The molecule has 5 nitrogen and oxygen atoms in total. The van der Waals surface area contributed by atoms with Crippen LogP contribution in [0.3, 0.4) is 0 Å². The molecule has 28 heavy (non-hydrogen) atoms. The highest BCUT2D eigenvalue weighted by molar-refractivity contribution is 5.88. The van der Waals surface area contributed by atoms with E-state index in [0.717, 1.165) is 30.6 Å². The first kappa shape index (κ1) is 20.1. The van der Waals surface area contributed by atoms with Gasteiger partial charge in [-0.05, 0) is 30.9 Å². The Morgan fingerprint density at radius 2 is 1.71 bits per heavy atom. The van der Waals surface area contributed by atoms with Gasteiger partial charge in [0.2, 0.25) is 11.8 Å². The molecule has 2 aromatic rings. The van der Waals surface area contributed by atoms with Crippen molar-refractivity contribution in [1.82, 2.24) is 10.2 Å². The Morgan fingerprint density at radius 1 is 1.07 bits per heavy atom. The van der Waals surface area contributed by atoms with Gasteiger partial charge in [-0.15, -0.1) is 0 Å². The Kier molecular flexibility index (Phi) is 7.20. The number of benzene rings is 2. The molecule has 1 heterocycles. The number of amides is 2. The van der Waals surface area contributed by atoms with E-state index >= 15 is 0 Å². The zero-order chi connectivity index (χ0) is 19.8. The molecule has 0 radical (unpaired) electrons. The number of nitrogens with one attached hydrogen (secondary N) is 1. The fourth-order valence-corrected chi connectivity index (χ4v) is 3.40. The monoisotopic (exact) mass is 380 g/mol. The molecule has 0 spiro atoms. The number of hydrogen-bond acceptors (Lipinski definition) is 3. The second kappa shape index (κ2) is 10.0. The zero-order valence-electron chi connectivity index (χ0n) is 16.3. The summed E-state index contributed by atoms with van der Waals surface area (Å²) in [4.78, 5) is 27.4. The van der Waals surface area contributed by atoms with E-state index in [-0.39, 0.29) is 24.3 Å². The van der Waals surface area contributed by atoms with Crippen LogP contribution in [-0.4, -0.2) is 42.0 Å². The summed E-state index contributed by atoms with van der Waals surface area (Å²) in [5, 5.41) is 2.95. The summed E-state index contributed by atoms with van der Waals surface area (Å²) in [6.45, 7) is 3.44. The molecule has 5 heteroatoms. The maximum atomic E-state index is 13.0. The molecule has 2 atom stereocenters. The third-order valence-corrected chi connectivity index (χ3v) is 5.09. The van der Waals surface area contributed by atoms with Crippen molar-refractivity contribution < 1.29 is 14.3 Å². The first-order valence-corrected chi connectivity index (χ1v) is 9.90. The molecule has 0 bridgehead atoms. The van der Waals surface area contributed by atoms with Crippen LogP contribution in [0.5, 0.6) is 0 Å². The summed E-state index contributed by atoms with van der Waals surface area (Å²) < 4.78 is 5.57. The van der Waals surface area contributed by atoms with Crippen LogP contribution >= 0.6 is 0 Å². The molecule has 1 fully saturated rings. The quantitative estimate of drug-likeness (QED) is 0.766. The highest BCUT2D eigenvalue weighted by Gasteiger charge is 2.27. The number of ether oxygens (including phenoxy) is 1. The first-order valence-electron chi connectivity index (χ1n) is 9.90. The summed E-state index contributed by atoms with van der Waals surface area (Å²) in [7, 11) is 0. The number of hydrogen-bond donors (Lipinski definition) is 1. The van der Waals surface area contributed by atoms with Crippen LogP contribution < -0.4 is 5.32 Å². The Bertz CT molecular complexity index is 758. The van der Waals surface area contributed by atoms with Gasteiger partial charge in [0.1, 0.15) is 6.04 Å². The van der Waals surface area contributed by atoms with Crippen LogP contribution in [0.15, 0.2) is 60.7 Å². The van der Waals surface area contributed by atoms with Gasteiger partial charge in [0.25, 0.3) is 0 Å². The van der Waals surface area contributed by atoms with Crippen molar-refractivity contribution >= 4 is 11.8 Å². The Hall–Kier alpha value is -2.66. The van der Waals surface area contributed by atoms with Gasteiger partial charge in [-0.2, -0.15) is 0 Å². The molecule has 1 aliphatic rings. The molecule has 1 N–H and O–H groups in total. The Morgan fingerprint density at radius 3 is 2.32 bits per heavy atom. The highest BCUT2D eigenvalue weighted by Crippen LogP contribution is 2.14. The molecule has 3 rings (SSSR count). The van der Waals surface area contributed by atoms with E-state index in [0.29, 0.717) is 13.1 Å². The second-order valence-corrected chi connectivity index (χ2v) is 7.23. The van der Waals surface area contributed by atoms with Gasteiger partial charge in [0, 0.05) is 19.7 Å². The average molecular weight is 380 g/mol. The van der Waals surface area contributed by atoms with Gasteiger partial charge >= 0.3 is 0 Å². The molecular weight excluding hydrogens is 352 g/mol. The lowest BCUT2D eigenvalue weighted by atomic mass is 10.1. The lowest BCUT2D eigenvalue weighted by molar-refractivity contribution is -0.140. The fourth-order valence-electron chi connectivity index (χ4n) is 3.40. The van der Waals surface area contributed by atoms with E-state index in [2.05, 4.69) is 5.32 Å². The van der Waals surface area contributed by atoms with Crippen LogP contribution in [0.25, 0.3) is 0 Å². The SMILES string of the molecule is C[C@H](C(=O)NC[C@H]1CCCO1)N(Cc1ccccc1)C(=O)Cc1ccccc1. The number of nitrogens with zero attached hydrogens (tertiary/aromatic N) is 1. The lowest BCUT2D eigenvalue weighted by Crippen LogP contribution is -2.49. The number of carbonyl (C=O) groups excluding carboxylic acids is 2. The summed E-state index contributed by atoms with van der Waals surface area (Å²) >= 11 is 0. The highest BCUT2D eigenvalue weighted by atomic mass is 16.5. The van der Waals surface area contributed by atoms with Crippen molar-refractivity contribution in [2.75, 3.05) is 13.2 Å². The zero-order valence-corrected chi connectivity index (χ0v) is 16.3. The van der Waals surface area contributed by atoms with Crippen molar-refractivity contribution in [2.45, 2.75) is 44.9 Å². The maximum Gasteiger partial charge on any atom is 0.242 e. The molecule has 148 valence electrons. The molecule has 1 aliphatic heterocycles. The van der Waals surface area contributed by atoms with E-state index in [9.17, 15) is 9.59 Å². The fraction of sp³-hybridized carbons (Fsp3) is 0.391. The molecule has 2 aromatic carbocycles. The molecule has 0 aliphatic carbocycles. The van der Waals surface area contributed by atoms with Crippen molar-refractivity contribution in [2.24, 2.45) is 0 Å². The maximum absolute atomic E-state index is 13.0. The van der Waals surface area contributed by atoms with Crippen molar-refractivity contribution in [3.63, 3.8) is 0 Å². The van der Waals surface area contributed by atoms with Crippen LogP contribution in [-0.2, 0) is 27.3 Å². The normalized spacial score (nSPS) is 17.1. The van der Waals surface area contributed by atoms with Crippen molar-refractivity contribution in [1.29, 1.82) is 0 Å². The third-order valence-electron chi connectivity index (χ3n) is 5.09. The predicted octanol–water partition coefficient (Wildman–Crippen LogP) is 2.94. The molecule has 2 amide bonds. The van der Waals surface area contributed by atoms with Gasteiger partial charge in [0.15, 0.2) is 0 Å². The average Bonchev–Trinajstić information content (AvgIpc) is 3.25. The molecule has 1 saturated heterocycles. The second-order valence-electron chi connectivity index (χ2n) is 7.23. The van der Waals surface area contributed by atoms with Gasteiger partial charge in [0.05, 0.1) is 12.5 Å². The van der Waals surface area contributed by atoms with Crippen LogP contribution in [0.1, 0.15) is 30.9 Å². The Balaban J connectivity index is 1.68. The first-order chi connectivity index (χ1) is 13.6. The van der Waals surface area contributed by atoms with Crippen LogP contribution in [0.4, 0.5) is 0 Å². The minimum Gasteiger partial charge on any atom is -0.376 e. The summed E-state index contributed by atoms with van der Waals surface area (Å²) in [5.41, 5.74) is 1.94. The van der Waals surface area contributed by atoms with Gasteiger partial charge in [-0.3, -0.25) is 9.59 Å². The third kappa shape index (κ3) is 5.67. The summed E-state index contributed by atoms with van der Waals surface area (Å²) in [6, 6.07) is 18.8. The van der Waals surface area contributed by atoms with E-state index in [1.54, 1.807) is 11.8 Å². The van der Waals surface area contributed by atoms with Gasteiger partial charge in [-0.25, -0.2) is 0 Å². The van der Waals surface area contributed by atoms with Crippen LogP contribution in [0.2, 0.25) is 0 Å². The van der Waals surface area contributed by atoms with E-state index in [4.69, 9.17) is 4.74 Å². The molecule has 0 unspecified atom stereocenters. The minimum absolute atomic E-state index is 0.0604. The molecular formula is C23H28N2O3. The number of carbonyl (C=O) groups is 2. The topological polar surface area (TPSA) is 58.6 Å². The van der Waals surface area contributed by atoms with Crippen molar-refractivity contribution in [3.8, 4) is 0 Å². The smallest absolute Gasteiger partial charge is 0.242 e. The van der Waals surface area contributed by atoms with Crippen LogP contribution in [0, 0.1) is 0 Å². The van der Waals surface area contributed by atoms with Gasteiger partial charge < -0.3 is 15.0 Å². The van der Waals surface area contributed by atoms with E-state index < -0.39 is 6.04 Å². The summed E-state index contributed by atoms with van der Waals surface area (Å²) in [5.74, 6) is -0.206. The molecule has 0 saturated carbocycles. The van der Waals surface area contributed by atoms with Crippen molar-refractivity contribution in [3.05, 3.63) is 71.8 Å². The van der Waals surface area contributed by atoms with Gasteiger partial charge in [-0.1, -0.05) is 60.7 Å². The summed E-state index contributed by atoms with van der Waals surface area (Å²) in [6.07, 6.45) is 2.36. The lowest BCUT2D eigenvalue weighted by Gasteiger charge is -2.29. The number of rotatable bonds is 8. The Labute approximate surface area is 166 Å². The van der Waals surface area contributed by atoms with E-state index in [1.165, 1.54) is 0 Å². The predicted molar refractivity (Wildman–Crippen MR) is 109 cm³/mol. The standard InChI is InChI=1S/C23H28N2O3/c1-18(23(27)24-16-21-13-8-14-28-21)25(17-20-11-6-3-7-12-20)22(26)15-19-9-4-2-5-10-19/h2-7,9-12,18,21H,8,13-17H2,1H3,(H,24,27)/t18-,21-/m1/s1. The molecule has 0 aromatic heterocycles. The largest absolute Gasteiger partial charge is 0.376 e.